The van der Waals surface area contributed by atoms with Gasteiger partial charge in [-0.1, -0.05) is 24.3 Å². The zero-order valence-corrected chi connectivity index (χ0v) is 18.5. The van der Waals surface area contributed by atoms with Crippen molar-refractivity contribution in [3.05, 3.63) is 59.7 Å². The molecule has 13 heteroatoms. The smallest absolute Gasteiger partial charge is 0.428 e. The number of ether oxygens (including phenoxy) is 2. The summed E-state index contributed by atoms with van der Waals surface area (Å²) in [6.45, 7) is 2.64. The molecule has 2 aromatic rings. The zero-order chi connectivity index (χ0) is 22.6. The molecule has 0 aliphatic carbocycles. The largest absolute Gasteiger partial charge is 0.573 e. The number of alkyl halides is 7. The SMILES string of the molecule is Cl.Cl.FC(F)C(F)(F)Oc1ccc([C@H](c2ccc(OC(F)(F)F)cc2)N2CCNCC2)cc1. The number of nitrogens with zero attached hydrogens (tertiary/aromatic N) is 1. The van der Waals surface area contributed by atoms with Crippen LogP contribution in [0.2, 0.25) is 0 Å². The van der Waals surface area contributed by atoms with Crippen molar-refractivity contribution in [1.29, 1.82) is 0 Å². The van der Waals surface area contributed by atoms with Crippen LogP contribution in [0.1, 0.15) is 17.2 Å². The van der Waals surface area contributed by atoms with Gasteiger partial charge in [0.25, 0.3) is 0 Å². The van der Waals surface area contributed by atoms with Crippen LogP contribution >= 0.6 is 24.8 Å². The van der Waals surface area contributed by atoms with E-state index in [2.05, 4.69) is 19.7 Å². The Morgan fingerprint density at radius 1 is 0.727 bits per heavy atom. The van der Waals surface area contributed by atoms with E-state index in [0.717, 1.165) is 12.1 Å². The molecule has 0 saturated carbocycles. The van der Waals surface area contributed by atoms with E-state index in [1.54, 1.807) is 0 Å². The predicted molar refractivity (Wildman–Crippen MR) is 112 cm³/mol. The van der Waals surface area contributed by atoms with Crippen LogP contribution in [0.25, 0.3) is 0 Å². The molecule has 1 N–H and O–H groups in total. The van der Waals surface area contributed by atoms with E-state index < -0.39 is 30.7 Å². The molecule has 1 aliphatic heterocycles. The summed E-state index contributed by atoms with van der Waals surface area (Å²) in [6.07, 6.45) is -13.4. The lowest BCUT2D eigenvalue weighted by atomic mass is 9.96. The van der Waals surface area contributed by atoms with Crippen LogP contribution < -0.4 is 14.8 Å². The summed E-state index contributed by atoms with van der Waals surface area (Å²) < 4.78 is 96.1. The van der Waals surface area contributed by atoms with Crippen LogP contribution in [0, 0.1) is 0 Å². The molecule has 4 nitrogen and oxygen atoms in total. The van der Waals surface area contributed by atoms with Crippen LogP contribution in [0.5, 0.6) is 11.5 Å². The Kier molecular flexibility index (Phi) is 10.5. The number of benzene rings is 2. The van der Waals surface area contributed by atoms with E-state index in [-0.39, 0.29) is 30.6 Å². The second-order valence-electron chi connectivity index (χ2n) is 6.84. The van der Waals surface area contributed by atoms with Gasteiger partial charge in [-0.25, -0.2) is 0 Å². The summed E-state index contributed by atoms with van der Waals surface area (Å²) in [5.41, 5.74) is 1.29. The highest BCUT2D eigenvalue weighted by atomic mass is 35.5. The number of hydrogen-bond acceptors (Lipinski definition) is 4. The molecule has 1 fully saturated rings. The maximum atomic E-state index is 13.1. The standard InChI is InChI=1S/C20H19F7N2O2.2ClH/c21-18(22)19(23,24)30-15-5-1-13(2-6-15)17(29-11-9-28-10-12-29)14-3-7-16(8-4-14)31-20(25,26)27;;/h1-8,17-18,28H,9-12H2;2*1H/t17-;;/m1../s1. The van der Waals surface area contributed by atoms with Crippen LogP contribution in [0.3, 0.4) is 0 Å². The van der Waals surface area contributed by atoms with Gasteiger partial charge < -0.3 is 14.8 Å². The third kappa shape index (κ3) is 8.09. The Balaban J connectivity index is 0.00000272. The molecule has 0 bridgehead atoms. The second kappa shape index (κ2) is 12.0. The number of rotatable bonds is 7. The van der Waals surface area contributed by atoms with Gasteiger partial charge in [-0.05, 0) is 35.4 Å². The molecule has 0 amide bonds. The van der Waals surface area contributed by atoms with Gasteiger partial charge in [0.05, 0.1) is 6.04 Å². The normalized spacial score (nSPS) is 15.9. The molecule has 1 heterocycles. The lowest BCUT2D eigenvalue weighted by Gasteiger charge is -2.35. The van der Waals surface area contributed by atoms with Crippen molar-refractivity contribution in [1.82, 2.24) is 10.2 Å². The number of nitrogens with one attached hydrogen (secondary N) is 1. The molecular formula is C20H21Cl2F7N2O2. The number of hydrogen-bond donors (Lipinski definition) is 1. The molecule has 33 heavy (non-hydrogen) atoms. The first-order valence-corrected chi connectivity index (χ1v) is 9.30. The molecule has 0 unspecified atom stereocenters. The first-order chi connectivity index (χ1) is 14.5. The third-order valence-corrected chi connectivity index (χ3v) is 4.65. The molecule has 0 spiro atoms. The maximum Gasteiger partial charge on any atom is 0.573 e. The maximum absolute atomic E-state index is 13.1. The molecule has 3 rings (SSSR count). The molecule has 0 aromatic heterocycles. The van der Waals surface area contributed by atoms with Crippen molar-refractivity contribution < 1.29 is 40.2 Å². The molecule has 1 aliphatic rings. The highest BCUT2D eigenvalue weighted by Gasteiger charge is 2.44. The molecular weight excluding hydrogens is 504 g/mol. The van der Waals surface area contributed by atoms with Crippen LogP contribution in [0.15, 0.2) is 48.5 Å². The van der Waals surface area contributed by atoms with Crippen LogP contribution in [-0.4, -0.2) is 50.0 Å². The molecule has 1 atom stereocenters. The summed E-state index contributed by atoms with van der Waals surface area (Å²) in [4.78, 5) is 2.07. The van der Waals surface area contributed by atoms with E-state index in [9.17, 15) is 30.7 Å². The first kappa shape index (κ1) is 29.1. The van der Waals surface area contributed by atoms with Crippen LogP contribution in [0.4, 0.5) is 30.7 Å². The van der Waals surface area contributed by atoms with E-state index in [1.807, 2.05) is 0 Å². The average molecular weight is 525 g/mol. The van der Waals surface area contributed by atoms with Crippen molar-refractivity contribution in [2.75, 3.05) is 26.2 Å². The van der Waals surface area contributed by atoms with Crippen molar-refractivity contribution >= 4 is 24.8 Å². The second-order valence-corrected chi connectivity index (χ2v) is 6.84. The van der Waals surface area contributed by atoms with E-state index in [4.69, 9.17) is 0 Å². The van der Waals surface area contributed by atoms with Gasteiger partial charge in [0.2, 0.25) is 0 Å². The van der Waals surface area contributed by atoms with Gasteiger partial charge in [0, 0.05) is 26.2 Å². The van der Waals surface area contributed by atoms with E-state index >= 15 is 0 Å². The topological polar surface area (TPSA) is 33.7 Å². The Morgan fingerprint density at radius 2 is 1.15 bits per heavy atom. The molecule has 1 saturated heterocycles. The minimum atomic E-state index is -4.81. The van der Waals surface area contributed by atoms with Gasteiger partial charge in [-0.2, -0.15) is 17.6 Å². The minimum absolute atomic E-state index is 0. The molecule has 0 radical (unpaired) electrons. The fourth-order valence-corrected chi connectivity index (χ4v) is 3.33. The van der Waals surface area contributed by atoms with Gasteiger partial charge in [0.1, 0.15) is 11.5 Å². The van der Waals surface area contributed by atoms with Gasteiger partial charge >= 0.3 is 18.9 Å². The number of piperazine rings is 1. The highest BCUT2D eigenvalue weighted by molar-refractivity contribution is 5.85. The average Bonchev–Trinajstić information content (AvgIpc) is 2.70. The highest BCUT2D eigenvalue weighted by Crippen LogP contribution is 2.34. The Bertz CT molecular complexity index is 847. The lowest BCUT2D eigenvalue weighted by Crippen LogP contribution is -2.45. The zero-order valence-electron chi connectivity index (χ0n) is 16.8. The van der Waals surface area contributed by atoms with Crippen molar-refractivity contribution in [2.24, 2.45) is 0 Å². The Hall–Kier alpha value is -1.95. The van der Waals surface area contributed by atoms with Gasteiger partial charge in [-0.15, -0.1) is 38.0 Å². The summed E-state index contributed by atoms with van der Waals surface area (Å²) in [6, 6.07) is 10.2. The monoisotopic (exact) mass is 524 g/mol. The van der Waals surface area contributed by atoms with Gasteiger partial charge in [0.15, 0.2) is 0 Å². The summed E-state index contributed by atoms with van der Waals surface area (Å²) >= 11 is 0. The van der Waals surface area contributed by atoms with E-state index in [0.29, 0.717) is 37.3 Å². The predicted octanol–water partition coefficient (Wildman–Crippen LogP) is 5.66. The first-order valence-electron chi connectivity index (χ1n) is 9.30. The van der Waals surface area contributed by atoms with Gasteiger partial charge in [-0.3, -0.25) is 4.90 Å². The minimum Gasteiger partial charge on any atom is -0.428 e. The third-order valence-electron chi connectivity index (χ3n) is 4.65. The van der Waals surface area contributed by atoms with Crippen LogP contribution in [-0.2, 0) is 0 Å². The van der Waals surface area contributed by atoms with Crippen molar-refractivity contribution in [2.45, 2.75) is 24.9 Å². The summed E-state index contributed by atoms with van der Waals surface area (Å²) in [5, 5.41) is 3.19. The Morgan fingerprint density at radius 3 is 1.55 bits per heavy atom. The fourth-order valence-electron chi connectivity index (χ4n) is 3.33. The van der Waals surface area contributed by atoms with Crippen molar-refractivity contribution in [3.63, 3.8) is 0 Å². The lowest BCUT2D eigenvalue weighted by molar-refractivity contribution is -0.274. The fraction of sp³-hybridized carbons (Fsp3) is 0.400. The van der Waals surface area contributed by atoms with Crippen molar-refractivity contribution in [3.8, 4) is 11.5 Å². The Labute approximate surface area is 197 Å². The summed E-state index contributed by atoms with van der Waals surface area (Å²) in [5.74, 6) is -0.796. The number of halogens is 9. The molecule has 2 aromatic carbocycles. The summed E-state index contributed by atoms with van der Waals surface area (Å²) in [7, 11) is 0. The van der Waals surface area contributed by atoms with E-state index in [1.165, 1.54) is 36.4 Å². The molecule has 186 valence electrons. The quantitative estimate of drug-likeness (QED) is 0.474.